The molecule has 1 heterocycles. The Bertz CT molecular complexity index is 253. The number of carbonyl (C=O) groups excluding carboxylic acids is 1. The number of methoxy groups -OCH3 is 1. The van der Waals surface area contributed by atoms with Crippen LogP contribution in [-0.4, -0.2) is 48.3 Å². The van der Waals surface area contributed by atoms with E-state index in [0.29, 0.717) is 13.0 Å². The van der Waals surface area contributed by atoms with Crippen LogP contribution in [0, 0.1) is 0 Å². The molecule has 0 amide bonds. The Balaban J connectivity index is 2.43. The van der Waals surface area contributed by atoms with Crippen molar-refractivity contribution in [2.45, 2.75) is 38.3 Å². The number of hydrogen-bond acceptors (Lipinski definition) is 4. The molecule has 0 aliphatic carbocycles. The maximum atomic E-state index is 11.5. The highest BCUT2D eigenvalue weighted by Crippen LogP contribution is 2.19. The number of nitrogens with zero attached hydrogens (tertiary/aromatic N) is 1. The topological polar surface area (TPSA) is 49.8 Å². The maximum absolute atomic E-state index is 11.5. The predicted molar refractivity (Wildman–Crippen MR) is 62.0 cm³/mol. The molecule has 1 fully saturated rings. The quantitative estimate of drug-likeness (QED) is 0.561. The van der Waals surface area contributed by atoms with E-state index in [1.165, 1.54) is 7.11 Å². The van der Waals surface area contributed by atoms with E-state index in [1.807, 2.05) is 4.90 Å². The zero-order valence-corrected chi connectivity index (χ0v) is 10.1. The van der Waals surface area contributed by atoms with Gasteiger partial charge in [-0.1, -0.05) is 19.1 Å². The van der Waals surface area contributed by atoms with Crippen LogP contribution in [0.2, 0.25) is 0 Å². The summed E-state index contributed by atoms with van der Waals surface area (Å²) in [6.45, 7) is 3.46. The second-order valence-corrected chi connectivity index (χ2v) is 4.09. The van der Waals surface area contributed by atoms with E-state index in [2.05, 4.69) is 19.1 Å². The van der Waals surface area contributed by atoms with Gasteiger partial charge in [-0.15, -0.1) is 0 Å². The first-order valence-electron chi connectivity index (χ1n) is 5.84. The van der Waals surface area contributed by atoms with Gasteiger partial charge in [0.05, 0.1) is 13.2 Å². The number of aliphatic hydroxyl groups excluding tert-OH is 1. The Morgan fingerprint density at radius 1 is 1.56 bits per heavy atom. The molecule has 0 aromatic carbocycles. The van der Waals surface area contributed by atoms with Crippen LogP contribution in [0.5, 0.6) is 0 Å². The van der Waals surface area contributed by atoms with E-state index in [-0.39, 0.29) is 12.0 Å². The van der Waals surface area contributed by atoms with Crippen molar-refractivity contribution in [1.29, 1.82) is 0 Å². The molecule has 4 heteroatoms. The Labute approximate surface area is 96.9 Å². The Morgan fingerprint density at radius 3 is 2.94 bits per heavy atom. The molecule has 0 aromatic heterocycles. The SMILES string of the molecule is CC/C=C/CCN1C[C@@H](O)C[C@@H]1C(=O)OC. The molecule has 0 unspecified atom stereocenters. The third kappa shape index (κ3) is 3.61. The van der Waals surface area contributed by atoms with Gasteiger partial charge in [-0.2, -0.15) is 0 Å². The number of likely N-dealkylation sites (tertiary alicyclic amines) is 1. The van der Waals surface area contributed by atoms with Crippen LogP contribution < -0.4 is 0 Å². The van der Waals surface area contributed by atoms with Gasteiger partial charge in [-0.05, 0) is 12.8 Å². The molecular weight excluding hydrogens is 206 g/mol. The first kappa shape index (κ1) is 13.2. The van der Waals surface area contributed by atoms with E-state index in [0.717, 1.165) is 19.4 Å². The number of ether oxygens (including phenoxy) is 1. The summed E-state index contributed by atoms with van der Waals surface area (Å²) in [6.07, 6.45) is 6.25. The Morgan fingerprint density at radius 2 is 2.31 bits per heavy atom. The van der Waals surface area contributed by atoms with Gasteiger partial charge in [0.25, 0.3) is 0 Å². The van der Waals surface area contributed by atoms with Crippen molar-refractivity contribution in [2.75, 3.05) is 20.2 Å². The first-order chi connectivity index (χ1) is 7.69. The zero-order chi connectivity index (χ0) is 12.0. The van der Waals surface area contributed by atoms with Gasteiger partial charge < -0.3 is 9.84 Å². The maximum Gasteiger partial charge on any atom is 0.323 e. The molecule has 1 aliphatic heterocycles. The number of hydrogen-bond donors (Lipinski definition) is 1. The highest BCUT2D eigenvalue weighted by Gasteiger charge is 2.35. The fraction of sp³-hybridized carbons (Fsp3) is 0.750. The molecule has 0 bridgehead atoms. The number of rotatable bonds is 5. The van der Waals surface area contributed by atoms with Crippen molar-refractivity contribution in [2.24, 2.45) is 0 Å². The van der Waals surface area contributed by atoms with Crippen molar-refractivity contribution < 1.29 is 14.6 Å². The van der Waals surface area contributed by atoms with Crippen LogP contribution >= 0.6 is 0 Å². The van der Waals surface area contributed by atoms with Crippen LogP contribution in [0.1, 0.15) is 26.2 Å². The first-order valence-corrected chi connectivity index (χ1v) is 5.84. The normalized spacial score (nSPS) is 26.4. The smallest absolute Gasteiger partial charge is 0.323 e. The third-order valence-electron chi connectivity index (χ3n) is 2.84. The highest BCUT2D eigenvalue weighted by molar-refractivity contribution is 5.76. The molecule has 1 N–H and O–H groups in total. The summed E-state index contributed by atoms with van der Waals surface area (Å²) in [4.78, 5) is 13.5. The molecule has 16 heavy (non-hydrogen) atoms. The minimum absolute atomic E-state index is 0.240. The molecule has 2 atom stereocenters. The van der Waals surface area contributed by atoms with Gasteiger partial charge in [0.2, 0.25) is 0 Å². The van der Waals surface area contributed by atoms with Gasteiger partial charge in [0.15, 0.2) is 0 Å². The summed E-state index contributed by atoms with van der Waals surface area (Å²) >= 11 is 0. The largest absolute Gasteiger partial charge is 0.468 e. The number of esters is 1. The molecule has 0 saturated carbocycles. The Kier molecular flexibility index (Phi) is 5.49. The average molecular weight is 227 g/mol. The zero-order valence-electron chi connectivity index (χ0n) is 10.1. The number of β-amino-alcohol motifs (C(OH)–C–C–N with tert-alkyl or cyclic N) is 1. The van der Waals surface area contributed by atoms with Crippen LogP contribution in [0.15, 0.2) is 12.2 Å². The molecule has 0 spiro atoms. The van der Waals surface area contributed by atoms with Crippen LogP contribution in [0.25, 0.3) is 0 Å². The number of allylic oxidation sites excluding steroid dienone is 1. The summed E-state index contributed by atoms with van der Waals surface area (Å²) in [5.41, 5.74) is 0. The van der Waals surface area contributed by atoms with Crippen molar-refractivity contribution in [3.63, 3.8) is 0 Å². The third-order valence-corrected chi connectivity index (χ3v) is 2.84. The van der Waals surface area contributed by atoms with Crippen LogP contribution in [-0.2, 0) is 9.53 Å². The van der Waals surface area contributed by atoms with Gasteiger partial charge in [0.1, 0.15) is 6.04 Å². The fourth-order valence-corrected chi connectivity index (χ4v) is 2.03. The average Bonchev–Trinajstić information content (AvgIpc) is 2.65. The summed E-state index contributed by atoms with van der Waals surface area (Å²) in [5.74, 6) is -0.240. The van der Waals surface area contributed by atoms with Crippen molar-refractivity contribution in [3.8, 4) is 0 Å². The van der Waals surface area contributed by atoms with Crippen LogP contribution in [0.3, 0.4) is 0 Å². The second kappa shape index (κ2) is 6.66. The molecule has 1 aliphatic rings. The summed E-state index contributed by atoms with van der Waals surface area (Å²) in [6, 6.07) is -0.268. The Hall–Kier alpha value is -0.870. The molecule has 1 saturated heterocycles. The monoisotopic (exact) mass is 227 g/mol. The highest BCUT2D eigenvalue weighted by atomic mass is 16.5. The van der Waals surface area contributed by atoms with Crippen LogP contribution in [0.4, 0.5) is 0 Å². The van der Waals surface area contributed by atoms with Gasteiger partial charge in [0, 0.05) is 19.5 Å². The van der Waals surface area contributed by atoms with Gasteiger partial charge in [-0.25, -0.2) is 0 Å². The molecule has 92 valence electrons. The number of carbonyl (C=O) groups is 1. The van der Waals surface area contributed by atoms with E-state index < -0.39 is 6.10 Å². The molecule has 4 nitrogen and oxygen atoms in total. The van der Waals surface area contributed by atoms with Crippen molar-refractivity contribution in [1.82, 2.24) is 4.90 Å². The second-order valence-electron chi connectivity index (χ2n) is 4.09. The lowest BCUT2D eigenvalue weighted by Crippen LogP contribution is -2.37. The molecule has 0 aromatic rings. The standard InChI is InChI=1S/C12H21NO3/c1-3-4-5-6-7-13-9-10(14)8-11(13)12(15)16-2/h4-5,10-11,14H,3,6-9H2,1-2H3/b5-4+/t10-,11+/m0/s1. The molecule has 1 rings (SSSR count). The molecule has 0 radical (unpaired) electrons. The minimum Gasteiger partial charge on any atom is -0.468 e. The fourth-order valence-electron chi connectivity index (χ4n) is 2.03. The van der Waals surface area contributed by atoms with Crippen molar-refractivity contribution >= 4 is 5.97 Å². The summed E-state index contributed by atoms with van der Waals surface area (Å²) in [7, 11) is 1.39. The summed E-state index contributed by atoms with van der Waals surface area (Å²) < 4.78 is 4.73. The molecular formula is C12H21NO3. The number of aliphatic hydroxyl groups is 1. The summed E-state index contributed by atoms with van der Waals surface area (Å²) in [5, 5.41) is 9.55. The van der Waals surface area contributed by atoms with E-state index >= 15 is 0 Å². The van der Waals surface area contributed by atoms with Gasteiger partial charge >= 0.3 is 5.97 Å². The lowest BCUT2D eigenvalue weighted by Gasteiger charge is -2.20. The van der Waals surface area contributed by atoms with Gasteiger partial charge in [-0.3, -0.25) is 9.69 Å². The van der Waals surface area contributed by atoms with E-state index in [9.17, 15) is 9.90 Å². The minimum atomic E-state index is -0.403. The van der Waals surface area contributed by atoms with Crippen molar-refractivity contribution in [3.05, 3.63) is 12.2 Å². The lowest BCUT2D eigenvalue weighted by atomic mass is 10.2. The lowest BCUT2D eigenvalue weighted by molar-refractivity contribution is -0.145. The predicted octanol–water partition coefficient (Wildman–Crippen LogP) is 0.951. The van der Waals surface area contributed by atoms with E-state index in [4.69, 9.17) is 4.74 Å². The van der Waals surface area contributed by atoms with E-state index in [1.54, 1.807) is 0 Å².